The number of aryl methyl sites for hydroxylation is 2. The summed E-state index contributed by atoms with van der Waals surface area (Å²) < 4.78 is 0. The monoisotopic (exact) mass is 303 g/mol. The van der Waals surface area contributed by atoms with Gasteiger partial charge >= 0.3 is 0 Å². The van der Waals surface area contributed by atoms with E-state index in [4.69, 9.17) is 4.84 Å². The Morgan fingerprint density at radius 3 is 2.55 bits per heavy atom. The summed E-state index contributed by atoms with van der Waals surface area (Å²) in [6.07, 6.45) is 1.87. The molecule has 122 valence electrons. The Morgan fingerprint density at radius 2 is 1.95 bits per heavy atom. The molecular weight excluding hydrogens is 274 g/mol. The van der Waals surface area contributed by atoms with Gasteiger partial charge in [0.15, 0.2) is 0 Å². The second kappa shape index (κ2) is 8.57. The first-order chi connectivity index (χ1) is 10.3. The van der Waals surface area contributed by atoms with Crippen LogP contribution < -0.4 is 0 Å². The molecular formula is C18H29N3O. The summed E-state index contributed by atoms with van der Waals surface area (Å²) >= 11 is 0. The van der Waals surface area contributed by atoms with Crippen molar-refractivity contribution in [1.82, 2.24) is 4.90 Å². The summed E-state index contributed by atoms with van der Waals surface area (Å²) in [6.45, 7) is 14.0. The molecule has 0 aliphatic rings. The summed E-state index contributed by atoms with van der Waals surface area (Å²) in [5.41, 5.74) is 5.31. The second-order valence-electron chi connectivity index (χ2n) is 6.14. The van der Waals surface area contributed by atoms with Gasteiger partial charge in [-0.1, -0.05) is 19.0 Å². The van der Waals surface area contributed by atoms with E-state index in [1.54, 1.807) is 0 Å². The van der Waals surface area contributed by atoms with Crippen LogP contribution in [0.25, 0.3) is 0 Å². The molecule has 1 rings (SSSR count). The van der Waals surface area contributed by atoms with Crippen LogP contribution in [0.1, 0.15) is 44.4 Å². The first kappa shape index (κ1) is 18.2. The molecule has 0 fully saturated rings. The Kier molecular flexibility index (Phi) is 7.09. The van der Waals surface area contributed by atoms with E-state index in [9.17, 15) is 0 Å². The van der Waals surface area contributed by atoms with Gasteiger partial charge in [0.1, 0.15) is 6.61 Å². The van der Waals surface area contributed by atoms with Gasteiger partial charge in [-0.3, -0.25) is 0 Å². The number of aliphatic imine (C=N–C) groups is 1. The maximum atomic E-state index is 5.38. The van der Waals surface area contributed by atoms with E-state index >= 15 is 0 Å². The lowest BCUT2D eigenvalue weighted by atomic mass is 10.0. The fraction of sp³-hybridized carbons (Fsp3) is 0.556. The number of hydrogen-bond donors (Lipinski definition) is 0. The molecule has 4 nitrogen and oxygen atoms in total. The summed E-state index contributed by atoms with van der Waals surface area (Å²) in [7, 11) is 2.02. The molecule has 0 aliphatic heterocycles. The van der Waals surface area contributed by atoms with E-state index in [0.29, 0.717) is 12.5 Å². The number of nitrogens with zero attached hydrogens (tertiary/aromatic N) is 3. The van der Waals surface area contributed by atoms with E-state index in [1.807, 2.05) is 20.3 Å². The normalized spacial score (nSPS) is 12.3. The van der Waals surface area contributed by atoms with E-state index in [0.717, 1.165) is 34.6 Å². The fourth-order valence-corrected chi connectivity index (χ4v) is 1.90. The Bertz CT molecular complexity index is 548. The Hall–Kier alpha value is -1.84. The summed E-state index contributed by atoms with van der Waals surface area (Å²) in [4.78, 5) is 12.0. The lowest BCUT2D eigenvalue weighted by Crippen LogP contribution is -2.14. The molecule has 0 spiro atoms. The lowest BCUT2D eigenvalue weighted by Gasteiger charge is -2.12. The Labute approximate surface area is 134 Å². The highest BCUT2D eigenvalue weighted by Gasteiger charge is 2.07. The molecule has 0 saturated heterocycles. The molecule has 0 N–H and O–H groups in total. The van der Waals surface area contributed by atoms with E-state index in [2.05, 4.69) is 61.8 Å². The minimum atomic E-state index is 0.478. The highest BCUT2D eigenvalue weighted by Crippen LogP contribution is 2.23. The fourth-order valence-electron chi connectivity index (χ4n) is 1.90. The van der Waals surface area contributed by atoms with Crippen molar-refractivity contribution in [2.75, 3.05) is 20.2 Å². The van der Waals surface area contributed by atoms with Gasteiger partial charge in [0.25, 0.3) is 0 Å². The molecule has 0 atom stereocenters. The predicted octanol–water partition coefficient (Wildman–Crippen LogP) is 4.31. The standard InChI is InChI=1S/C18H29N3O/c1-8-21(7)12-19-18-10-14(4)17(9-15(18)5)16(6)20-22-11-13(2)3/h9-10,12-13H,8,11H2,1-7H3. The van der Waals surface area contributed by atoms with Crippen LogP contribution in [-0.2, 0) is 4.84 Å². The SMILES string of the molecule is CCN(C)C=Nc1cc(C)c(C(C)=NOCC(C)C)cc1C. The van der Waals surface area contributed by atoms with Crippen molar-refractivity contribution < 1.29 is 4.84 Å². The maximum absolute atomic E-state index is 5.38. The van der Waals surface area contributed by atoms with E-state index in [-0.39, 0.29) is 0 Å². The van der Waals surface area contributed by atoms with Crippen LogP contribution in [0.15, 0.2) is 22.3 Å². The molecule has 1 aromatic rings. The molecule has 1 aromatic carbocycles. The Balaban J connectivity index is 2.96. The molecule has 0 amide bonds. The van der Waals surface area contributed by atoms with Crippen LogP contribution in [0.4, 0.5) is 5.69 Å². The average molecular weight is 303 g/mol. The molecule has 0 radical (unpaired) electrons. The summed E-state index contributed by atoms with van der Waals surface area (Å²) in [6, 6.07) is 4.23. The number of benzene rings is 1. The molecule has 22 heavy (non-hydrogen) atoms. The van der Waals surface area contributed by atoms with Crippen molar-refractivity contribution in [2.45, 2.75) is 41.5 Å². The third kappa shape index (κ3) is 5.51. The zero-order chi connectivity index (χ0) is 16.7. The van der Waals surface area contributed by atoms with Gasteiger partial charge in [-0.25, -0.2) is 4.99 Å². The van der Waals surface area contributed by atoms with Gasteiger partial charge in [-0.05, 0) is 56.9 Å². The Morgan fingerprint density at radius 1 is 1.27 bits per heavy atom. The summed E-state index contributed by atoms with van der Waals surface area (Å²) in [5.74, 6) is 0.478. The third-order valence-corrected chi connectivity index (χ3v) is 3.43. The minimum Gasteiger partial charge on any atom is -0.395 e. The molecule has 0 saturated carbocycles. The predicted molar refractivity (Wildman–Crippen MR) is 95.4 cm³/mol. The maximum Gasteiger partial charge on any atom is 0.119 e. The second-order valence-corrected chi connectivity index (χ2v) is 6.14. The quantitative estimate of drug-likeness (QED) is 0.427. The van der Waals surface area contributed by atoms with Crippen LogP contribution in [-0.4, -0.2) is 37.1 Å². The number of rotatable bonds is 7. The molecule has 0 aliphatic carbocycles. The first-order valence-corrected chi connectivity index (χ1v) is 7.87. The third-order valence-electron chi connectivity index (χ3n) is 3.43. The topological polar surface area (TPSA) is 37.2 Å². The smallest absolute Gasteiger partial charge is 0.119 e. The largest absolute Gasteiger partial charge is 0.395 e. The van der Waals surface area contributed by atoms with Gasteiger partial charge in [-0.2, -0.15) is 0 Å². The van der Waals surface area contributed by atoms with Gasteiger partial charge in [0, 0.05) is 19.2 Å². The van der Waals surface area contributed by atoms with Crippen LogP contribution in [0, 0.1) is 19.8 Å². The van der Waals surface area contributed by atoms with Crippen LogP contribution in [0.3, 0.4) is 0 Å². The zero-order valence-electron chi connectivity index (χ0n) is 15.0. The van der Waals surface area contributed by atoms with Crippen molar-refractivity contribution in [3.05, 3.63) is 28.8 Å². The molecule has 4 heteroatoms. The molecule has 0 heterocycles. The van der Waals surface area contributed by atoms with Crippen LogP contribution >= 0.6 is 0 Å². The van der Waals surface area contributed by atoms with Gasteiger partial charge < -0.3 is 9.74 Å². The molecule has 0 bridgehead atoms. The van der Waals surface area contributed by atoms with Crippen LogP contribution in [0.2, 0.25) is 0 Å². The van der Waals surface area contributed by atoms with Gasteiger partial charge in [-0.15, -0.1) is 0 Å². The number of oxime groups is 1. The molecule has 0 unspecified atom stereocenters. The van der Waals surface area contributed by atoms with E-state index in [1.165, 1.54) is 0 Å². The highest BCUT2D eigenvalue weighted by molar-refractivity contribution is 6.00. The van der Waals surface area contributed by atoms with E-state index < -0.39 is 0 Å². The highest BCUT2D eigenvalue weighted by atomic mass is 16.6. The van der Waals surface area contributed by atoms with Crippen LogP contribution in [0.5, 0.6) is 0 Å². The zero-order valence-corrected chi connectivity index (χ0v) is 15.0. The number of hydrogen-bond acceptors (Lipinski definition) is 3. The van der Waals surface area contributed by atoms with Crippen molar-refractivity contribution in [2.24, 2.45) is 16.1 Å². The van der Waals surface area contributed by atoms with Crippen molar-refractivity contribution in [3.63, 3.8) is 0 Å². The van der Waals surface area contributed by atoms with Gasteiger partial charge in [0.2, 0.25) is 0 Å². The van der Waals surface area contributed by atoms with Crippen molar-refractivity contribution in [3.8, 4) is 0 Å². The van der Waals surface area contributed by atoms with Crippen molar-refractivity contribution >= 4 is 17.7 Å². The minimum absolute atomic E-state index is 0.478. The first-order valence-electron chi connectivity index (χ1n) is 7.87. The molecule has 0 aromatic heterocycles. The average Bonchev–Trinajstić information content (AvgIpc) is 2.46. The lowest BCUT2D eigenvalue weighted by molar-refractivity contribution is 0.118. The van der Waals surface area contributed by atoms with Gasteiger partial charge in [0.05, 0.1) is 17.7 Å². The van der Waals surface area contributed by atoms with Crippen molar-refractivity contribution in [1.29, 1.82) is 0 Å². The summed E-state index contributed by atoms with van der Waals surface area (Å²) in [5, 5.41) is 4.22.